The second kappa shape index (κ2) is 8.97. The highest BCUT2D eigenvalue weighted by molar-refractivity contribution is 8.22. The molecule has 7 nitrogen and oxygen atoms in total. The number of nitrogens with one attached hydrogen (secondary N) is 1. The Morgan fingerprint density at radius 2 is 1.91 bits per heavy atom. The van der Waals surface area contributed by atoms with Gasteiger partial charge in [-0.05, 0) is 36.6 Å². The number of ether oxygens (including phenoxy) is 1. The average molecular weight is 346 g/mol. The monoisotopic (exact) mass is 346 g/mol. The van der Waals surface area contributed by atoms with E-state index in [0.29, 0.717) is 30.2 Å². The number of rotatable bonds is 9. The van der Waals surface area contributed by atoms with Crippen LogP contribution < -0.4 is 10.1 Å². The molecule has 0 bridgehead atoms. The highest BCUT2D eigenvalue weighted by Crippen LogP contribution is 2.52. The van der Waals surface area contributed by atoms with E-state index in [9.17, 15) is 13.9 Å². The van der Waals surface area contributed by atoms with Crippen molar-refractivity contribution in [2.75, 3.05) is 26.7 Å². The van der Waals surface area contributed by atoms with Crippen molar-refractivity contribution in [2.45, 2.75) is 25.2 Å². The lowest BCUT2D eigenvalue weighted by Gasteiger charge is -2.43. The molecule has 0 unspecified atom stereocenters. The molecular weight excluding hydrogens is 320 g/mol. The van der Waals surface area contributed by atoms with E-state index in [1.54, 1.807) is 35.7 Å². The van der Waals surface area contributed by atoms with E-state index in [-0.39, 0.29) is 12.5 Å². The maximum Gasteiger partial charge on any atom is 0.404 e. The first-order valence-electron chi connectivity index (χ1n) is 7.41. The summed E-state index contributed by atoms with van der Waals surface area (Å²) >= 11 is 0. The number of hydrogen-bond acceptors (Lipinski definition) is 5. The maximum absolute atomic E-state index is 10.7. The molecule has 23 heavy (non-hydrogen) atoms. The molecule has 1 aromatic rings. The van der Waals surface area contributed by atoms with Crippen molar-refractivity contribution < 1.29 is 23.7 Å². The van der Waals surface area contributed by atoms with Gasteiger partial charge in [0.2, 0.25) is 0 Å². The summed E-state index contributed by atoms with van der Waals surface area (Å²) < 4.78 is 28.0. The van der Waals surface area contributed by atoms with Crippen LogP contribution in [0.2, 0.25) is 0 Å². The van der Waals surface area contributed by atoms with Crippen LogP contribution in [-0.4, -0.2) is 51.4 Å². The van der Waals surface area contributed by atoms with Crippen LogP contribution in [0, 0.1) is 5.92 Å². The fourth-order valence-electron chi connectivity index (χ4n) is 2.09. The van der Waals surface area contributed by atoms with Crippen LogP contribution in [0.15, 0.2) is 29.2 Å². The molecule has 1 amide bonds. The van der Waals surface area contributed by atoms with Crippen molar-refractivity contribution >= 4 is 16.9 Å². The molecule has 0 saturated heterocycles. The molecule has 0 heterocycles. The quantitative estimate of drug-likeness (QED) is 0.512. The van der Waals surface area contributed by atoms with Gasteiger partial charge in [0.15, 0.2) is 0 Å². The number of hydrogen-bond donors (Lipinski definition) is 4. The van der Waals surface area contributed by atoms with Crippen molar-refractivity contribution in [2.24, 2.45) is 5.92 Å². The standard InChI is InChI=1S/C15H26N2O5S/c1-12(2)11-17(10-4-9-16-15(18)19)23(20,21)14-7-5-13(22-3)6-8-14/h5-8,12,16,20-21H,4,9-11H2,1-3H3,(H,18,19). The second-order valence-electron chi connectivity index (χ2n) is 5.56. The van der Waals surface area contributed by atoms with Gasteiger partial charge in [-0.1, -0.05) is 13.8 Å². The Bertz CT molecular complexity index is 493. The molecule has 0 fully saturated rings. The van der Waals surface area contributed by atoms with Crippen molar-refractivity contribution in [3.8, 4) is 5.75 Å². The summed E-state index contributed by atoms with van der Waals surface area (Å²) in [7, 11) is -1.57. The molecule has 0 radical (unpaired) electrons. The normalized spacial score (nSPS) is 12.5. The first kappa shape index (κ1) is 19.6. The molecule has 0 spiro atoms. The summed E-state index contributed by atoms with van der Waals surface area (Å²) in [6, 6.07) is 6.64. The lowest BCUT2D eigenvalue weighted by Crippen LogP contribution is -2.34. The molecule has 8 heteroatoms. The molecule has 1 aromatic carbocycles. The van der Waals surface area contributed by atoms with Crippen LogP contribution in [0.4, 0.5) is 4.79 Å². The first-order chi connectivity index (χ1) is 10.8. The highest BCUT2D eigenvalue weighted by Gasteiger charge is 2.25. The van der Waals surface area contributed by atoms with Crippen molar-refractivity contribution in [3.05, 3.63) is 24.3 Å². The van der Waals surface area contributed by atoms with Crippen LogP contribution in [0.25, 0.3) is 0 Å². The predicted octanol–water partition coefficient (Wildman–Crippen LogP) is 3.34. The summed E-state index contributed by atoms with van der Waals surface area (Å²) in [6.45, 7) is 5.13. The van der Waals surface area contributed by atoms with E-state index in [2.05, 4.69) is 5.32 Å². The van der Waals surface area contributed by atoms with Gasteiger partial charge in [-0.15, -0.1) is 10.8 Å². The van der Waals surface area contributed by atoms with E-state index in [4.69, 9.17) is 9.84 Å². The topological polar surface area (TPSA) is 102 Å². The van der Waals surface area contributed by atoms with Gasteiger partial charge >= 0.3 is 6.09 Å². The van der Waals surface area contributed by atoms with Crippen LogP contribution in [-0.2, 0) is 0 Å². The van der Waals surface area contributed by atoms with Crippen molar-refractivity contribution in [3.63, 3.8) is 0 Å². The molecule has 0 aliphatic heterocycles. The van der Waals surface area contributed by atoms with Gasteiger partial charge in [0.25, 0.3) is 0 Å². The lowest BCUT2D eigenvalue weighted by atomic mass is 10.2. The van der Waals surface area contributed by atoms with E-state index >= 15 is 0 Å². The molecule has 0 aliphatic carbocycles. The fourth-order valence-corrected chi connectivity index (χ4v) is 3.78. The zero-order chi connectivity index (χ0) is 17.5. The smallest absolute Gasteiger partial charge is 0.404 e. The van der Waals surface area contributed by atoms with Crippen molar-refractivity contribution in [1.82, 2.24) is 9.62 Å². The number of carbonyl (C=O) groups is 1. The summed E-state index contributed by atoms with van der Waals surface area (Å²) in [5.74, 6) is 0.886. The third-order valence-electron chi connectivity index (χ3n) is 3.17. The first-order valence-corrected chi connectivity index (χ1v) is 8.92. The Morgan fingerprint density at radius 3 is 2.39 bits per heavy atom. The minimum absolute atomic E-state index is 0.242. The molecule has 0 saturated carbocycles. The third kappa shape index (κ3) is 6.26. The summed E-state index contributed by atoms with van der Waals surface area (Å²) in [5.41, 5.74) is 0. The Morgan fingerprint density at radius 1 is 1.30 bits per heavy atom. The Hall–Kier alpha value is -1.48. The van der Waals surface area contributed by atoms with Gasteiger partial charge in [-0.25, -0.2) is 9.10 Å². The maximum atomic E-state index is 10.7. The largest absolute Gasteiger partial charge is 0.497 e. The van der Waals surface area contributed by atoms with E-state index in [1.165, 1.54) is 0 Å². The molecule has 0 aliphatic rings. The number of carboxylic acid groups (broad SMARTS) is 1. The van der Waals surface area contributed by atoms with Gasteiger partial charge in [0, 0.05) is 19.6 Å². The van der Waals surface area contributed by atoms with Gasteiger partial charge in [-0.3, -0.25) is 9.11 Å². The summed E-state index contributed by atoms with van der Waals surface area (Å²) in [4.78, 5) is 10.9. The third-order valence-corrected chi connectivity index (χ3v) is 5.12. The Kier molecular flexibility index (Phi) is 7.63. The van der Waals surface area contributed by atoms with Crippen LogP contribution in [0.5, 0.6) is 5.75 Å². The van der Waals surface area contributed by atoms with E-state index in [0.717, 1.165) is 0 Å². The molecule has 132 valence electrons. The number of methoxy groups -OCH3 is 1. The van der Waals surface area contributed by atoms with Crippen LogP contribution in [0.3, 0.4) is 0 Å². The van der Waals surface area contributed by atoms with Crippen molar-refractivity contribution in [1.29, 1.82) is 0 Å². The van der Waals surface area contributed by atoms with Gasteiger partial charge in [0.1, 0.15) is 5.75 Å². The molecule has 4 N–H and O–H groups in total. The molecule has 0 atom stereocenters. The zero-order valence-electron chi connectivity index (χ0n) is 13.7. The van der Waals surface area contributed by atoms with E-state index in [1.807, 2.05) is 13.8 Å². The number of benzene rings is 1. The van der Waals surface area contributed by atoms with Gasteiger partial charge in [-0.2, -0.15) is 0 Å². The van der Waals surface area contributed by atoms with Crippen LogP contribution in [0.1, 0.15) is 20.3 Å². The predicted molar refractivity (Wildman–Crippen MR) is 91.2 cm³/mol. The highest BCUT2D eigenvalue weighted by atomic mass is 32.3. The summed E-state index contributed by atoms with van der Waals surface area (Å²) in [6.07, 6.45) is -0.590. The van der Waals surface area contributed by atoms with E-state index < -0.39 is 16.9 Å². The van der Waals surface area contributed by atoms with Gasteiger partial charge < -0.3 is 15.2 Å². The molecule has 0 aromatic heterocycles. The molecular formula is C15H26N2O5S. The minimum Gasteiger partial charge on any atom is -0.497 e. The Labute approximate surface area is 138 Å². The second-order valence-corrected chi connectivity index (χ2v) is 7.59. The minimum atomic E-state index is -3.12. The average Bonchev–Trinajstić information content (AvgIpc) is 2.49. The SMILES string of the molecule is COc1ccc(S(O)(O)N(CCCNC(=O)O)CC(C)C)cc1. The fraction of sp³-hybridized carbons (Fsp3) is 0.533. The number of amides is 1. The molecule has 1 rings (SSSR count). The zero-order valence-corrected chi connectivity index (χ0v) is 14.5. The Balaban J connectivity index is 2.81. The van der Waals surface area contributed by atoms with Crippen LogP contribution >= 0.6 is 10.8 Å². The number of nitrogens with zero attached hydrogens (tertiary/aromatic N) is 1. The summed E-state index contributed by atoms with van der Waals surface area (Å²) in [5, 5.41) is 10.9. The lowest BCUT2D eigenvalue weighted by molar-refractivity contribution is 0.194. The van der Waals surface area contributed by atoms with Gasteiger partial charge in [0.05, 0.1) is 12.0 Å².